The highest BCUT2D eigenvalue weighted by Gasteiger charge is 2.25. The van der Waals surface area contributed by atoms with Crippen molar-refractivity contribution >= 4 is 0 Å². The molecule has 0 amide bonds. The van der Waals surface area contributed by atoms with E-state index in [-0.39, 0.29) is 23.8 Å². The highest BCUT2D eigenvalue weighted by molar-refractivity contribution is 5.20. The van der Waals surface area contributed by atoms with Crippen LogP contribution >= 0.6 is 0 Å². The second kappa shape index (κ2) is 6.68. The van der Waals surface area contributed by atoms with Gasteiger partial charge in [-0.15, -0.1) is 0 Å². The van der Waals surface area contributed by atoms with E-state index in [1.807, 2.05) is 19.1 Å². The number of rotatable bonds is 3. The Labute approximate surface area is 114 Å². The smallest absolute Gasteiger partial charge is 0.127 e. The molecule has 0 aliphatic heterocycles. The second-order valence-electron chi connectivity index (χ2n) is 5.39. The van der Waals surface area contributed by atoms with Gasteiger partial charge in [0.1, 0.15) is 5.82 Å². The molecule has 3 heteroatoms. The third kappa shape index (κ3) is 3.54. The fraction of sp³-hybridized carbons (Fsp3) is 0.562. The Kier molecular flexibility index (Phi) is 4.93. The summed E-state index contributed by atoms with van der Waals surface area (Å²) in [7, 11) is 0. The van der Waals surface area contributed by atoms with Crippen LogP contribution in [0.5, 0.6) is 0 Å². The van der Waals surface area contributed by atoms with Gasteiger partial charge in [-0.25, -0.2) is 4.39 Å². The molecule has 1 aromatic carbocycles. The average Bonchev–Trinajstić information content (AvgIpc) is 2.64. The first-order valence-corrected chi connectivity index (χ1v) is 7.12. The van der Waals surface area contributed by atoms with E-state index >= 15 is 0 Å². The molecule has 1 aliphatic carbocycles. The first kappa shape index (κ1) is 14.0. The van der Waals surface area contributed by atoms with Crippen molar-refractivity contribution in [1.82, 2.24) is 5.32 Å². The normalized spacial score (nSPS) is 25.3. The molecule has 0 aromatic heterocycles. The minimum atomic E-state index is -0.176. The Morgan fingerprint density at radius 2 is 2.00 bits per heavy atom. The summed E-state index contributed by atoms with van der Waals surface area (Å²) in [5.74, 6) is -0.124. The fourth-order valence-corrected chi connectivity index (χ4v) is 2.90. The summed E-state index contributed by atoms with van der Waals surface area (Å²) in [4.78, 5) is 0. The highest BCUT2D eigenvalue weighted by Crippen LogP contribution is 2.26. The molecule has 0 radical (unpaired) electrons. The minimum absolute atomic E-state index is 0.0525. The summed E-state index contributed by atoms with van der Waals surface area (Å²) in [5.41, 5.74) is 0.684. The topological polar surface area (TPSA) is 35.8 Å². The third-order valence-electron chi connectivity index (χ3n) is 4.02. The Hall–Kier alpha value is -1.40. The van der Waals surface area contributed by atoms with E-state index in [0.717, 1.165) is 25.7 Å². The van der Waals surface area contributed by atoms with Gasteiger partial charge in [-0.3, -0.25) is 0 Å². The minimum Gasteiger partial charge on any atom is -0.306 e. The Bertz CT molecular complexity index is 452. The van der Waals surface area contributed by atoms with Gasteiger partial charge in [0.25, 0.3) is 0 Å². The van der Waals surface area contributed by atoms with E-state index in [2.05, 4.69) is 11.4 Å². The van der Waals surface area contributed by atoms with Crippen molar-refractivity contribution in [1.29, 1.82) is 5.26 Å². The molecular formula is C16H21FN2. The molecule has 2 nitrogen and oxygen atoms in total. The highest BCUT2D eigenvalue weighted by atomic mass is 19.1. The molecule has 0 bridgehead atoms. The average molecular weight is 260 g/mol. The molecule has 1 aromatic rings. The van der Waals surface area contributed by atoms with E-state index in [0.29, 0.717) is 5.56 Å². The lowest BCUT2D eigenvalue weighted by Gasteiger charge is -2.25. The molecule has 1 N–H and O–H groups in total. The van der Waals surface area contributed by atoms with Crippen LogP contribution in [0, 0.1) is 23.1 Å². The monoisotopic (exact) mass is 260 g/mol. The van der Waals surface area contributed by atoms with Crippen molar-refractivity contribution in [3.63, 3.8) is 0 Å². The molecule has 19 heavy (non-hydrogen) atoms. The van der Waals surface area contributed by atoms with Crippen LogP contribution in [0.3, 0.4) is 0 Å². The second-order valence-corrected chi connectivity index (χ2v) is 5.39. The van der Waals surface area contributed by atoms with Crippen molar-refractivity contribution in [2.24, 2.45) is 5.92 Å². The van der Waals surface area contributed by atoms with E-state index < -0.39 is 0 Å². The van der Waals surface area contributed by atoms with Gasteiger partial charge in [-0.05, 0) is 25.8 Å². The number of hydrogen-bond acceptors (Lipinski definition) is 2. The SMILES string of the molecule is C[C@@H](NC1CCCCCC1C#N)c1ccccc1F. The molecule has 3 atom stereocenters. The lowest BCUT2D eigenvalue weighted by Crippen LogP contribution is -2.37. The van der Waals surface area contributed by atoms with Crippen LogP contribution in [0.15, 0.2) is 24.3 Å². The predicted molar refractivity (Wildman–Crippen MR) is 73.9 cm³/mol. The van der Waals surface area contributed by atoms with Gasteiger partial charge in [-0.2, -0.15) is 5.26 Å². The van der Waals surface area contributed by atoms with Crippen LogP contribution < -0.4 is 5.32 Å². The lowest BCUT2D eigenvalue weighted by molar-refractivity contribution is 0.357. The van der Waals surface area contributed by atoms with E-state index in [1.165, 1.54) is 12.5 Å². The number of nitrogens with one attached hydrogen (secondary N) is 1. The summed E-state index contributed by atoms with van der Waals surface area (Å²) >= 11 is 0. The number of halogens is 1. The van der Waals surface area contributed by atoms with Gasteiger partial charge >= 0.3 is 0 Å². The summed E-state index contributed by atoms with van der Waals surface area (Å²) in [6.07, 6.45) is 5.45. The van der Waals surface area contributed by atoms with Gasteiger partial charge in [0.15, 0.2) is 0 Å². The molecule has 102 valence electrons. The summed E-state index contributed by atoms with van der Waals surface area (Å²) in [6.45, 7) is 1.97. The first-order chi connectivity index (χ1) is 9.22. The zero-order valence-corrected chi connectivity index (χ0v) is 11.4. The largest absolute Gasteiger partial charge is 0.306 e. The number of benzene rings is 1. The lowest BCUT2D eigenvalue weighted by atomic mass is 9.94. The molecule has 0 heterocycles. The van der Waals surface area contributed by atoms with Crippen molar-refractivity contribution < 1.29 is 4.39 Å². The number of nitrogens with zero attached hydrogens (tertiary/aromatic N) is 1. The van der Waals surface area contributed by atoms with Gasteiger partial charge in [0, 0.05) is 17.6 Å². The van der Waals surface area contributed by atoms with Crippen LogP contribution in [-0.4, -0.2) is 6.04 Å². The maximum atomic E-state index is 13.7. The zero-order chi connectivity index (χ0) is 13.7. The van der Waals surface area contributed by atoms with Crippen molar-refractivity contribution in [3.8, 4) is 6.07 Å². The predicted octanol–water partition coefficient (Wildman–Crippen LogP) is 3.95. The molecule has 0 spiro atoms. The van der Waals surface area contributed by atoms with E-state index in [1.54, 1.807) is 6.07 Å². The van der Waals surface area contributed by atoms with Crippen molar-refractivity contribution in [2.75, 3.05) is 0 Å². The Morgan fingerprint density at radius 3 is 2.74 bits per heavy atom. The maximum absolute atomic E-state index is 13.7. The van der Waals surface area contributed by atoms with E-state index in [9.17, 15) is 9.65 Å². The zero-order valence-electron chi connectivity index (χ0n) is 11.4. The first-order valence-electron chi connectivity index (χ1n) is 7.12. The van der Waals surface area contributed by atoms with Gasteiger partial charge in [-0.1, -0.05) is 37.5 Å². The molecule has 2 unspecified atom stereocenters. The summed E-state index contributed by atoms with van der Waals surface area (Å²) in [5, 5.41) is 12.7. The molecular weight excluding hydrogens is 239 g/mol. The van der Waals surface area contributed by atoms with Crippen molar-refractivity contribution in [2.45, 2.75) is 51.1 Å². The van der Waals surface area contributed by atoms with Crippen LogP contribution in [0.1, 0.15) is 50.6 Å². The summed E-state index contributed by atoms with van der Waals surface area (Å²) in [6, 6.07) is 9.39. The van der Waals surface area contributed by atoms with Crippen LogP contribution in [0.2, 0.25) is 0 Å². The van der Waals surface area contributed by atoms with Crippen molar-refractivity contribution in [3.05, 3.63) is 35.6 Å². The quantitative estimate of drug-likeness (QED) is 0.835. The molecule has 1 fully saturated rings. The van der Waals surface area contributed by atoms with Gasteiger partial charge in [0.05, 0.1) is 12.0 Å². The maximum Gasteiger partial charge on any atom is 0.127 e. The molecule has 2 rings (SSSR count). The third-order valence-corrected chi connectivity index (χ3v) is 4.02. The number of hydrogen-bond donors (Lipinski definition) is 1. The van der Waals surface area contributed by atoms with Gasteiger partial charge in [0.2, 0.25) is 0 Å². The van der Waals surface area contributed by atoms with Crippen LogP contribution in [-0.2, 0) is 0 Å². The summed E-state index contributed by atoms with van der Waals surface area (Å²) < 4.78 is 13.7. The molecule has 1 saturated carbocycles. The van der Waals surface area contributed by atoms with E-state index in [4.69, 9.17) is 0 Å². The molecule has 0 saturated heterocycles. The fourth-order valence-electron chi connectivity index (χ4n) is 2.90. The number of nitriles is 1. The Morgan fingerprint density at radius 1 is 1.26 bits per heavy atom. The van der Waals surface area contributed by atoms with Gasteiger partial charge < -0.3 is 5.32 Å². The Balaban J connectivity index is 2.06. The van der Waals surface area contributed by atoms with Crippen LogP contribution in [0.4, 0.5) is 4.39 Å². The van der Waals surface area contributed by atoms with Crippen LogP contribution in [0.25, 0.3) is 0 Å². The standard InChI is InChI=1S/C16H21FN2/c1-12(14-8-5-6-9-15(14)17)19-16-10-4-2-3-7-13(16)11-18/h5-6,8-9,12-13,16,19H,2-4,7,10H2,1H3/t12-,13?,16?/m1/s1. The molecule has 1 aliphatic rings.